The largest absolute Gasteiger partial charge is 0.485 e. The van der Waals surface area contributed by atoms with Gasteiger partial charge in [-0.05, 0) is 89.1 Å². The zero-order valence-corrected chi connectivity index (χ0v) is 21.1. The van der Waals surface area contributed by atoms with E-state index in [0.717, 1.165) is 59.3 Å². The van der Waals surface area contributed by atoms with Crippen molar-refractivity contribution in [2.45, 2.75) is 51.2 Å². The molecule has 0 spiro atoms. The van der Waals surface area contributed by atoms with Crippen LogP contribution in [0.4, 0.5) is 0 Å². The maximum Gasteiger partial charge on any atom is 0.309 e. The number of hydrogen-bond donors (Lipinski definition) is 1. The molecular formula is C30H33NO5. The number of ether oxygens (including phenoxy) is 3. The summed E-state index contributed by atoms with van der Waals surface area (Å²) in [6, 6.07) is 16.4. The average Bonchev–Trinajstić information content (AvgIpc) is 3.77. The van der Waals surface area contributed by atoms with Gasteiger partial charge in [0.1, 0.15) is 11.9 Å². The van der Waals surface area contributed by atoms with Gasteiger partial charge in [0.2, 0.25) is 5.88 Å². The number of hydrogen-bond acceptors (Lipinski definition) is 6. The van der Waals surface area contributed by atoms with Crippen LogP contribution in [0.5, 0.6) is 11.6 Å². The molecule has 6 nitrogen and oxygen atoms in total. The Bertz CT molecular complexity index is 1250. The van der Waals surface area contributed by atoms with Crippen molar-refractivity contribution >= 4 is 5.97 Å². The van der Waals surface area contributed by atoms with E-state index < -0.39 is 0 Å². The predicted molar refractivity (Wildman–Crippen MR) is 137 cm³/mol. The van der Waals surface area contributed by atoms with Crippen LogP contribution in [0.15, 0.2) is 54.7 Å². The lowest BCUT2D eigenvalue weighted by molar-refractivity contribution is -0.145. The summed E-state index contributed by atoms with van der Waals surface area (Å²) in [5.74, 6) is 1.71. The van der Waals surface area contributed by atoms with Crippen LogP contribution in [0.25, 0.3) is 11.1 Å². The van der Waals surface area contributed by atoms with E-state index in [1.54, 1.807) is 13.3 Å². The van der Waals surface area contributed by atoms with E-state index in [2.05, 4.69) is 35.3 Å². The SMILES string of the molecule is COC(=O)[C@@H](C)[C@H](c1ccc2c(c1)OC(c1ccc(-c3ccnc(OC)c3)cc1CO)CC2)C1CC1. The van der Waals surface area contributed by atoms with Crippen molar-refractivity contribution in [2.24, 2.45) is 11.8 Å². The van der Waals surface area contributed by atoms with Crippen molar-refractivity contribution in [1.82, 2.24) is 4.98 Å². The highest BCUT2D eigenvalue weighted by atomic mass is 16.5. The van der Waals surface area contributed by atoms with Gasteiger partial charge in [0, 0.05) is 12.3 Å². The highest BCUT2D eigenvalue weighted by Gasteiger charge is 2.39. The van der Waals surface area contributed by atoms with Crippen LogP contribution in [-0.2, 0) is 22.6 Å². The summed E-state index contributed by atoms with van der Waals surface area (Å²) >= 11 is 0. The third kappa shape index (κ3) is 4.82. The molecule has 36 heavy (non-hydrogen) atoms. The first-order valence-corrected chi connectivity index (χ1v) is 12.6. The molecule has 5 rings (SSSR count). The lowest BCUT2D eigenvalue weighted by Crippen LogP contribution is -2.23. The second-order valence-corrected chi connectivity index (χ2v) is 9.85. The summed E-state index contributed by atoms with van der Waals surface area (Å²) in [5.41, 5.74) is 6.14. The molecule has 1 aromatic heterocycles. The Kier molecular flexibility index (Phi) is 6.97. The normalized spacial score (nSPS) is 18.5. The maximum absolute atomic E-state index is 12.3. The number of pyridine rings is 1. The van der Waals surface area contributed by atoms with Crippen molar-refractivity contribution in [2.75, 3.05) is 14.2 Å². The molecule has 2 aliphatic rings. The van der Waals surface area contributed by atoms with Gasteiger partial charge in [-0.25, -0.2) is 4.98 Å². The maximum atomic E-state index is 12.3. The quantitative estimate of drug-likeness (QED) is 0.416. The van der Waals surface area contributed by atoms with Gasteiger partial charge < -0.3 is 19.3 Å². The van der Waals surface area contributed by atoms with Crippen molar-refractivity contribution in [3.05, 3.63) is 77.0 Å². The molecule has 0 bridgehead atoms. The smallest absolute Gasteiger partial charge is 0.309 e. The van der Waals surface area contributed by atoms with E-state index in [1.165, 1.54) is 12.7 Å². The van der Waals surface area contributed by atoms with Gasteiger partial charge in [-0.15, -0.1) is 0 Å². The lowest BCUT2D eigenvalue weighted by Gasteiger charge is -2.30. The standard InChI is InChI=1S/C30H33NO5/c1-18(30(33)35-3)29(20-5-6-20)23-7-4-19-9-11-26(36-27(19)15-23)25-10-8-21(14-24(25)17-32)22-12-13-31-28(16-22)34-2/h4,7-8,10,12-16,18,20,26,29,32H,5-6,9,11,17H2,1-3H3/t18-,26?,29-/m0/s1. The Balaban J connectivity index is 1.42. The number of aryl methyl sites for hydroxylation is 1. The number of methoxy groups -OCH3 is 2. The van der Waals surface area contributed by atoms with E-state index in [9.17, 15) is 9.90 Å². The van der Waals surface area contributed by atoms with Crippen LogP contribution in [0.1, 0.15) is 60.5 Å². The molecule has 1 unspecified atom stereocenters. The van der Waals surface area contributed by atoms with Crippen molar-refractivity contribution in [3.8, 4) is 22.8 Å². The van der Waals surface area contributed by atoms with Crippen LogP contribution in [0.2, 0.25) is 0 Å². The first kappa shape index (κ1) is 24.3. The fourth-order valence-corrected chi connectivity index (χ4v) is 5.51. The summed E-state index contributed by atoms with van der Waals surface area (Å²) < 4.78 is 16.9. The number of nitrogens with zero attached hydrogens (tertiary/aromatic N) is 1. The third-order valence-corrected chi connectivity index (χ3v) is 7.60. The highest BCUT2D eigenvalue weighted by Crippen LogP contribution is 2.48. The molecule has 3 atom stereocenters. The summed E-state index contributed by atoms with van der Waals surface area (Å²) in [6.45, 7) is 1.89. The van der Waals surface area contributed by atoms with Crippen LogP contribution in [0, 0.1) is 11.8 Å². The van der Waals surface area contributed by atoms with Gasteiger partial charge in [0.15, 0.2) is 0 Å². The second kappa shape index (κ2) is 10.3. The molecular weight excluding hydrogens is 454 g/mol. The zero-order chi connectivity index (χ0) is 25.2. The molecule has 1 fully saturated rings. The summed E-state index contributed by atoms with van der Waals surface area (Å²) in [4.78, 5) is 16.5. The van der Waals surface area contributed by atoms with Gasteiger partial charge in [-0.2, -0.15) is 0 Å². The first-order chi connectivity index (χ1) is 17.5. The molecule has 6 heteroatoms. The molecule has 188 valence electrons. The molecule has 1 N–H and O–H groups in total. The predicted octanol–water partition coefficient (Wildman–Crippen LogP) is 5.62. The van der Waals surface area contributed by atoms with E-state index >= 15 is 0 Å². The number of aliphatic hydroxyl groups excluding tert-OH is 1. The number of benzene rings is 2. The van der Waals surface area contributed by atoms with E-state index in [4.69, 9.17) is 14.2 Å². The Morgan fingerprint density at radius 2 is 1.89 bits per heavy atom. The summed E-state index contributed by atoms with van der Waals surface area (Å²) in [6.07, 6.45) is 5.59. The summed E-state index contributed by atoms with van der Waals surface area (Å²) in [7, 11) is 3.06. The summed E-state index contributed by atoms with van der Waals surface area (Å²) in [5, 5.41) is 10.2. The first-order valence-electron chi connectivity index (χ1n) is 12.6. The molecule has 1 saturated carbocycles. The number of aliphatic hydroxyl groups is 1. The van der Waals surface area contributed by atoms with Crippen LogP contribution in [0.3, 0.4) is 0 Å². The fourth-order valence-electron chi connectivity index (χ4n) is 5.51. The second-order valence-electron chi connectivity index (χ2n) is 9.85. The van der Waals surface area contributed by atoms with Crippen molar-refractivity contribution in [1.29, 1.82) is 0 Å². The zero-order valence-electron chi connectivity index (χ0n) is 21.1. The lowest BCUT2D eigenvalue weighted by atomic mass is 9.82. The molecule has 2 heterocycles. The van der Waals surface area contributed by atoms with Gasteiger partial charge in [-0.3, -0.25) is 4.79 Å². The van der Waals surface area contributed by atoms with Crippen molar-refractivity contribution in [3.63, 3.8) is 0 Å². The molecule has 3 aromatic rings. The fraction of sp³-hybridized carbons (Fsp3) is 0.400. The molecule has 0 amide bonds. The Labute approximate surface area is 212 Å². The van der Waals surface area contributed by atoms with Gasteiger partial charge in [0.25, 0.3) is 0 Å². The molecule has 1 aliphatic carbocycles. The number of fused-ring (bicyclic) bond motifs is 1. The van der Waals surface area contributed by atoms with Crippen LogP contribution < -0.4 is 9.47 Å². The third-order valence-electron chi connectivity index (χ3n) is 7.60. The number of esters is 1. The highest BCUT2D eigenvalue weighted by molar-refractivity contribution is 5.73. The Hall–Kier alpha value is -3.38. The number of carbonyl (C=O) groups excluding carboxylic acids is 1. The number of rotatable bonds is 8. The molecule has 2 aromatic carbocycles. The molecule has 0 radical (unpaired) electrons. The van der Waals surface area contributed by atoms with Gasteiger partial charge >= 0.3 is 5.97 Å². The average molecular weight is 488 g/mol. The van der Waals surface area contributed by atoms with Crippen LogP contribution in [-0.4, -0.2) is 30.3 Å². The molecule has 1 aliphatic heterocycles. The van der Waals surface area contributed by atoms with Crippen molar-refractivity contribution < 1.29 is 24.1 Å². The Morgan fingerprint density at radius 1 is 1.08 bits per heavy atom. The minimum Gasteiger partial charge on any atom is -0.485 e. The van der Waals surface area contributed by atoms with E-state index in [-0.39, 0.29) is 30.5 Å². The van der Waals surface area contributed by atoms with E-state index in [0.29, 0.717) is 11.8 Å². The van der Waals surface area contributed by atoms with E-state index in [1.807, 2.05) is 25.1 Å². The number of carbonyl (C=O) groups is 1. The van der Waals surface area contributed by atoms with Gasteiger partial charge in [-0.1, -0.05) is 31.2 Å². The monoisotopic (exact) mass is 487 g/mol. The topological polar surface area (TPSA) is 77.9 Å². The van der Waals surface area contributed by atoms with Crippen LogP contribution >= 0.6 is 0 Å². The number of aromatic nitrogens is 1. The Morgan fingerprint density at radius 3 is 2.61 bits per heavy atom. The minimum atomic E-state index is -0.194. The van der Waals surface area contributed by atoms with Gasteiger partial charge in [0.05, 0.1) is 26.7 Å². The minimum absolute atomic E-state index is 0.0709. The molecule has 0 saturated heterocycles.